The predicted molar refractivity (Wildman–Crippen MR) is 172 cm³/mol. The van der Waals surface area contributed by atoms with Crippen molar-refractivity contribution in [1.82, 2.24) is 34.4 Å². The molecule has 3 N–H and O–H groups in total. The first kappa shape index (κ1) is 36.1. The SMILES string of the molecule is CN(C)/C=N/c1nc2c(ncn2[C@@H]2O[C@H](CO)C[C@H]2OP(=S)(OCCC#N)OC[C@H]2C[C@@H](Oc3ccncn3)C[C@@H]2O[PH](=O)O)c(=O)[nH]1. The summed E-state index contributed by atoms with van der Waals surface area (Å²) >= 11 is 5.80. The number of rotatable bonds is 16. The van der Waals surface area contributed by atoms with Crippen molar-refractivity contribution in [2.75, 3.05) is 33.9 Å². The molecular weight excluding hydrogens is 692 g/mol. The molecule has 5 rings (SSSR count). The monoisotopic (exact) mass is 727 g/mol. The van der Waals surface area contributed by atoms with Crippen molar-refractivity contribution in [2.24, 2.45) is 10.9 Å². The van der Waals surface area contributed by atoms with Gasteiger partial charge in [-0.05, 0) is 18.2 Å². The van der Waals surface area contributed by atoms with Gasteiger partial charge in [0, 0.05) is 45.1 Å². The Kier molecular flexibility index (Phi) is 12.4. The fourth-order valence-corrected chi connectivity index (χ4v) is 7.95. The molecular formula is C26H35N9O10P2S. The topological polar surface area (TPSA) is 242 Å². The van der Waals surface area contributed by atoms with Crippen molar-refractivity contribution in [3.8, 4) is 11.9 Å². The Hall–Kier alpha value is -3.21. The summed E-state index contributed by atoms with van der Waals surface area (Å²) in [6.45, 7) is -4.18. The van der Waals surface area contributed by atoms with Crippen molar-refractivity contribution in [2.45, 2.75) is 56.3 Å². The number of nitriles is 1. The predicted octanol–water partition coefficient (Wildman–Crippen LogP) is 1.59. The van der Waals surface area contributed by atoms with Crippen LogP contribution in [0.15, 0.2) is 34.7 Å². The second-order valence-corrected chi connectivity index (χ2v) is 14.8. The molecule has 1 saturated heterocycles. The number of aromatic nitrogens is 6. The number of ether oxygens (including phenoxy) is 2. The molecule has 1 aliphatic heterocycles. The Bertz CT molecular complexity index is 1740. The minimum absolute atomic E-state index is 0.000556. The number of hydrogen-bond acceptors (Lipinski definition) is 16. The largest absolute Gasteiger partial charge is 0.474 e. The maximum atomic E-state index is 12.8. The highest BCUT2D eigenvalue weighted by Gasteiger charge is 2.44. The summed E-state index contributed by atoms with van der Waals surface area (Å²) in [4.78, 5) is 47.3. The van der Waals surface area contributed by atoms with Crippen molar-refractivity contribution >= 4 is 50.2 Å². The Morgan fingerprint density at radius 2 is 2.15 bits per heavy atom. The van der Waals surface area contributed by atoms with Crippen molar-refractivity contribution in [1.29, 1.82) is 5.26 Å². The third kappa shape index (κ3) is 9.27. The van der Waals surface area contributed by atoms with E-state index in [1.807, 2.05) is 6.07 Å². The zero-order chi connectivity index (χ0) is 34.3. The normalized spacial score (nSPS) is 26.1. The molecule has 22 heteroatoms. The van der Waals surface area contributed by atoms with E-state index in [2.05, 4.69) is 29.9 Å². The van der Waals surface area contributed by atoms with Gasteiger partial charge in [-0.15, -0.1) is 0 Å². The molecule has 3 aromatic rings. The van der Waals surface area contributed by atoms with Crippen molar-refractivity contribution < 1.29 is 42.1 Å². The lowest BCUT2D eigenvalue weighted by atomic mass is 10.1. The maximum Gasteiger partial charge on any atom is 0.327 e. The number of aromatic amines is 1. The molecule has 0 aromatic carbocycles. The van der Waals surface area contributed by atoms with E-state index in [1.54, 1.807) is 25.1 Å². The number of fused-ring (bicyclic) bond motifs is 1. The molecule has 2 fully saturated rings. The summed E-state index contributed by atoms with van der Waals surface area (Å²) < 4.78 is 48.9. The van der Waals surface area contributed by atoms with Gasteiger partial charge in [0.05, 0.1) is 57.2 Å². The molecule has 2 unspecified atom stereocenters. The smallest absolute Gasteiger partial charge is 0.327 e. The molecule has 3 aromatic heterocycles. The number of aliphatic imine (C=N–C) groups is 1. The van der Waals surface area contributed by atoms with Gasteiger partial charge >= 0.3 is 15.0 Å². The van der Waals surface area contributed by atoms with Gasteiger partial charge in [-0.3, -0.25) is 18.9 Å². The minimum atomic E-state index is -3.65. The summed E-state index contributed by atoms with van der Waals surface area (Å²) in [5, 5.41) is 19.1. The Morgan fingerprint density at radius 1 is 1.31 bits per heavy atom. The van der Waals surface area contributed by atoms with Gasteiger partial charge in [0.25, 0.3) is 5.56 Å². The van der Waals surface area contributed by atoms with Crippen LogP contribution in [-0.2, 0) is 39.2 Å². The van der Waals surface area contributed by atoms with Gasteiger partial charge in [-0.2, -0.15) is 10.2 Å². The molecule has 0 amide bonds. The molecule has 260 valence electrons. The highest BCUT2D eigenvalue weighted by molar-refractivity contribution is 8.07. The second kappa shape index (κ2) is 16.5. The lowest BCUT2D eigenvalue weighted by molar-refractivity contribution is -0.0480. The van der Waals surface area contributed by atoms with Gasteiger partial charge in [0.15, 0.2) is 17.4 Å². The van der Waals surface area contributed by atoms with Gasteiger partial charge in [0.2, 0.25) is 11.8 Å². The van der Waals surface area contributed by atoms with E-state index in [9.17, 15) is 19.4 Å². The number of aliphatic hydroxyl groups is 1. The van der Waals surface area contributed by atoms with Crippen LogP contribution in [0.2, 0.25) is 0 Å². The molecule has 1 aliphatic carbocycles. The van der Waals surface area contributed by atoms with Crippen LogP contribution in [0.4, 0.5) is 5.95 Å². The van der Waals surface area contributed by atoms with Crippen LogP contribution in [0.5, 0.6) is 5.88 Å². The average Bonchev–Trinajstić information content (AvgIpc) is 3.76. The number of imidazole rings is 1. The average molecular weight is 728 g/mol. The van der Waals surface area contributed by atoms with E-state index in [0.29, 0.717) is 12.3 Å². The third-order valence-electron chi connectivity index (χ3n) is 7.31. The Balaban J connectivity index is 1.37. The number of H-pyrrole nitrogens is 1. The molecule has 1 saturated carbocycles. The van der Waals surface area contributed by atoms with Crippen LogP contribution < -0.4 is 10.3 Å². The van der Waals surface area contributed by atoms with Crippen LogP contribution in [0.3, 0.4) is 0 Å². The lowest BCUT2D eigenvalue weighted by Crippen LogP contribution is -2.25. The highest BCUT2D eigenvalue weighted by Crippen LogP contribution is 2.55. The fraction of sp³-hybridized carbons (Fsp3) is 0.577. The van der Waals surface area contributed by atoms with E-state index in [-0.39, 0.29) is 56.2 Å². The summed E-state index contributed by atoms with van der Waals surface area (Å²) in [7, 11) is 0.227. The maximum absolute atomic E-state index is 12.8. The van der Waals surface area contributed by atoms with Crippen LogP contribution in [-0.4, -0.2) is 109 Å². The van der Waals surface area contributed by atoms with Crippen LogP contribution in [0.25, 0.3) is 11.2 Å². The van der Waals surface area contributed by atoms with E-state index >= 15 is 0 Å². The summed E-state index contributed by atoms with van der Waals surface area (Å²) in [5.74, 6) is -0.0730. The molecule has 0 spiro atoms. The van der Waals surface area contributed by atoms with Crippen LogP contribution >= 0.6 is 15.0 Å². The minimum Gasteiger partial charge on any atom is -0.474 e. The molecule has 8 atom stereocenters. The first-order valence-corrected chi connectivity index (χ1v) is 18.6. The van der Waals surface area contributed by atoms with E-state index in [1.165, 1.54) is 29.8 Å². The number of aliphatic hydroxyl groups excluding tert-OH is 1. The lowest BCUT2D eigenvalue weighted by Gasteiger charge is -2.29. The first-order chi connectivity index (χ1) is 23.1. The number of hydrogen-bond donors (Lipinski definition) is 3. The third-order valence-corrected chi connectivity index (χ3v) is 10.2. The zero-order valence-corrected chi connectivity index (χ0v) is 28.6. The van der Waals surface area contributed by atoms with Gasteiger partial charge in [-0.1, -0.05) is 0 Å². The standard InChI is InChI=1S/C26H35N9O10P2S/c1-34(2)14-31-26-32-23-22(24(37)33-26)30-15-35(23)25-20(10-18(11-36)43-25)45-47(48,40-7-3-5-27)41-12-16-8-17(9-19(16)44-46(38)39)42-21-4-6-28-13-29-21/h4,6,13-20,25,36,46H,3,7-12H2,1-2H3,(H,38,39)(H,32,33,37)/b31-14+/t16-,17-,18+,19+,20-,25-,47?/m1/s1. The van der Waals surface area contributed by atoms with E-state index in [4.69, 9.17) is 44.6 Å². The first-order valence-electron chi connectivity index (χ1n) is 14.8. The quantitative estimate of drug-likeness (QED) is 0.0821. The van der Waals surface area contributed by atoms with Gasteiger partial charge in [0.1, 0.15) is 18.5 Å². The van der Waals surface area contributed by atoms with E-state index in [0.717, 1.165) is 0 Å². The molecule has 19 nitrogen and oxygen atoms in total. The molecule has 48 heavy (non-hydrogen) atoms. The zero-order valence-electron chi connectivity index (χ0n) is 25.9. The van der Waals surface area contributed by atoms with Crippen molar-refractivity contribution in [3.63, 3.8) is 0 Å². The Morgan fingerprint density at radius 3 is 2.85 bits per heavy atom. The highest BCUT2D eigenvalue weighted by atomic mass is 32.5. The fourth-order valence-electron chi connectivity index (χ4n) is 5.26. The Labute approximate surface area is 280 Å². The molecule has 0 bridgehead atoms. The molecule has 2 aliphatic rings. The molecule has 4 heterocycles. The summed E-state index contributed by atoms with van der Waals surface area (Å²) in [6, 6.07) is 3.58. The summed E-state index contributed by atoms with van der Waals surface area (Å²) in [5.41, 5.74) is -0.335. The van der Waals surface area contributed by atoms with Crippen LogP contribution in [0, 0.1) is 17.2 Å². The number of nitrogens with one attached hydrogen (secondary N) is 1. The number of nitrogens with zero attached hydrogens (tertiary/aromatic N) is 8. The van der Waals surface area contributed by atoms with Gasteiger partial charge < -0.3 is 42.5 Å². The van der Waals surface area contributed by atoms with Crippen LogP contribution in [0.1, 0.15) is 31.9 Å². The van der Waals surface area contributed by atoms with E-state index < -0.39 is 57.1 Å². The van der Waals surface area contributed by atoms with Crippen molar-refractivity contribution in [3.05, 3.63) is 35.3 Å². The second-order valence-electron chi connectivity index (χ2n) is 11.1. The van der Waals surface area contributed by atoms with Gasteiger partial charge in [-0.25, -0.2) is 19.9 Å². The summed E-state index contributed by atoms with van der Waals surface area (Å²) in [6.07, 6.45) is 2.90. The molecule has 0 radical (unpaired) electrons.